The monoisotopic (exact) mass is 321 g/mol. The molecule has 0 saturated carbocycles. The first kappa shape index (κ1) is 11.7. The van der Waals surface area contributed by atoms with Crippen LogP contribution in [0.4, 0.5) is 0 Å². The van der Waals surface area contributed by atoms with Crippen molar-refractivity contribution < 1.29 is 4.74 Å². The molecule has 5 heteroatoms. The number of benzene rings is 1. The number of rotatable bonds is 3. The average molecular weight is 323 g/mol. The van der Waals surface area contributed by atoms with Gasteiger partial charge < -0.3 is 4.74 Å². The van der Waals surface area contributed by atoms with Crippen molar-refractivity contribution in [3.63, 3.8) is 0 Å². The molecular formula is C9H9Br2NO2. The van der Waals surface area contributed by atoms with Crippen LogP contribution < -0.4 is 4.74 Å². The largest absolute Gasteiger partial charge is 0.496 e. The standard InChI is InChI=1S/C9H9Br2NO2/c1-5(12-13)9-7(11)3-6(10)4-8(9)14-2/h3-5H,1-2H3. The van der Waals surface area contributed by atoms with Crippen LogP contribution in [0.5, 0.6) is 5.75 Å². The van der Waals surface area contributed by atoms with E-state index in [1.165, 1.54) is 0 Å². The zero-order chi connectivity index (χ0) is 10.7. The molecule has 0 amide bonds. The zero-order valence-electron chi connectivity index (χ0n) is 7.75. The van der Waals surface area contributed by atoms with Gasteiger partial charge in [0.2, 0.25) is 0 Å². The van der Waals surface area contributed by atoms with E-state index in [1.54, 1.807) is 14.0 Å². The van der Waals surface area contributed by atoms with Crippen molar-refractivity contribution in [1.29, 1.82) is 0 Å². The lowest BCUT2D eigenvalue weighted by Crippen LogP contribution is -1.96. The van der Waals surface area contributed by atoms with E-state index in [0.717, 1.165) is 14.5 Å². The normalized spacial score (nSPS) is 12.3. The van der Waals surface area contributed by atoms with E-state index in [4.69, 9.17) is 4.74 Å². The molecule has 0 aromatic heterocycles. The summed E-state index contributed by atoms with van der Waals surface area (Å²) in [5, 5.41) is 2.98. The Morgan fingerprint density at radius 3 is 2.57 bits per heavy atom. The van der Waals surface area contributed by atoms with Crippen LogP contribution in [-0.2, 0) is 0 Å². The fraction of sp³-hybridized carbons (Fsp3) is 0.333. The van der Waals surface area contributed by atoms with Crippen molar-refractivity contribution in [3.8, 4) is 5.75 Å². The van der Waals surface area contributed by atoms with Crippen molar-refractivity contribution in [3.05, 3.63) is 31.5 Å². The molecule has 0 saturated heterocycles. The Labute approximate surface area is 99.1 Å². The van der Waals surface area contributed by atoms with Crippen LogP contribution in [0, 0.1) is 4.91 Å². The van der Waals surface area contributed by atoms with Crippen LogP contribution in [0.3, 0.4) is 0 Å². The topological polar surface area (TPSA) is 38.7 Å². The third-order valence-corrected chi connectivity index (χ3v) is 2.97. The van der Waals surface area contributed by atoms with Crippen LogP contribution in [0.15, 0.2) is 26.3 Å². The fourth-order valence-electron chi connectivity index (χ4n) is 1.19. The molecule has 76 valence electrons. The van der Waals surface area contributed by atoms with Crippen molar-refractivity contribution in [2.45, 2.75) is 13.0 Å². The summed E-state index contributed by atoms with van der Waals surface area (Å²) in [7, 11) is 1.56. The SMILES string of the molecule is COc1cc(Br)cc(Br)c1C(C)N=O. The molecule has 0 spiro atoms. The van der Waals surface area contributed by atoms with E-state index in [0.29, 0.717) is 5.75 Å². The summed E-state index contributed by atoms with van der Waals surface area (Å²) < 4.78 is 6.88. The summed E-state index contributed by atoms with van der Waals surface area (Å²) in [6, 6.07) is 3.24. The molecule has 0 aliphatic carbocycles. The maximum Gasteiger partial charge on any atom is 0.126 e. The molecule has 0 radical (unpaired) electrons. The van der Waals surface area contributed by atoms with Gasteiger partial charge >= 0.3 is 0 Å². The minimum absolute atomic E-state index is 0.424. The molecule has 0 aliphatic rings. The number of nitroso groups, excluding NO2 is 1. The van der Waals surface area contributed by atoms with E-state index in [9.17, 15) is 4.91 Å². The molecule has 1 atom stereocenters. The summed E-state index contributed by atoms with van der Waals surface area (Å²) in [6.45, 7) is 1.73. The predicted octanol–water partition coefficient (Wildman–Crippen LogP) is 4.05. The highest BCUT2D eigenvalue weighted by Crippen LogP contribution is 2.36. The predicted molar refractivity (Wildman–Crippen MR) is 62.6 cm³/mol. The lowest BCUT2D eigenvalue weighted by atomic mass is 10.1. The Balaban J connectivity index is 3.31. The molecular weight excluding hydrogens is 314 g/mol. The number of hydrogen-bond acceptors (Lipinski definition) is 3. The molecule has 1 unspecified atom stereocenters. The molecule has 0 fully saturated rings. The van der Waals surface area contributed by atoms with Crippen LogP contribution in [0.1, 0.15) is 18.5 Å². The number of halogens is 2. The first-order valence-corrected chi connectivity index (χ1v) is 5.54. The lowest BCUT2D eigenvalue weighted by Gasteiger charge is -2.12. The summed E-state index contributed by atoms with van der Waals surface area (Å²) in [5.74, 6) is 0.651. The van der Waals surface area contributed by atoms with Gasteiger partial charge in [0.1, 0.15) is 11.8 Å². The molecule has 3 nitrogen and oxygen atoms in total. The average Bonchev–Trinajstić information content (AvgIpc) is 2.15. The Kier molecular flexibility index (Phi) is 4.07. The highest BCUT2D eigenvalue weighted by molar-refractivity contribution is 9.11. The van der Waals surface area contributed by atoms with Crippen LogP contribution >= 0.6 is 31.9 Å². The van der Waals surface area contributed by atoms with Gasteiger partial charge in [0.05, 0.1) is 7.11 Å². The van der Waals surface area contributed by atoms with Gasteiger partial charge in [-0.2, -0.15) is 4.91 Å². The number of ether oxygens (including phenoxy) is 1. The van der Waals surface area contributed by atoms with Gasteiger partial charge in [0.25, 0.3) is 0 Å². The van der Waals surface area contributed by atoms with E-state index in [2.05, 4.69) is 37.0 Å². The maximum absolute atomic E-state index is 10.5. The van der Waals surface area contributed by atoms with Crippen molar-refractivity contribution in [2.24, 2.45) is 5.18 Å². The first-order chi connectivity index (χ1) is 6.60. The van der Waals surface area contributed by atoms with Crippen LogP contribution in [0.2, 0.25) is 0 Å². The van der Waals surface area contributed by atoms with Crippen LogP contribution in [-0.4, -0.2) is 7.11 Å². The first-order valence-electron chi connectivity index (χ1n) is 3.95. The minimum Gasteiger partial charge on any atom is -0.496 e. The number of nitrogens with zero attached hydrogens (tertiary/aromatic N) is 1. The van der Waals surface area contributed by atoms with Gasteiger partial charge in [-0.15, -0.1) is 0 Å². The van der Waals surface area contributed by atoms with Gasteiger partial charge in [0.15, 0.2) is 0 Å². The van der Waals surface area contributed by atoms with Crippen molar-refractivity contribution in [2.75, 3.05) is 7.11 Å². The van der Waals surface area contributed by atoms with E-state index in [-0.39, 0.29) is 0 Å². The number of methoxy groups -OCH3 is 1. The molecule has 1 rings (SSSR count). The molecule has 0 bridgehead atoms. The third-order valence-electron chi connectivity index (χ3n) is 1.85. The maximum atomic E-state index is 10.5. The minimum atomic E-state index is -0.424. The fourth-order valence-corrected chi connectivity index (χ4v) is 2.71. The van der Waals surface area contributed by atoms with Crippen molar-refractivity contribution >= 4 is 31.9 Å². The summed E-state index contributed by atoms with van der Waals surface area (Å²) in [4.78, 5) is 10.5. The third kappa shape index (κ3) is 2.33. The molecule has 0 aliphatic heterocycles. The highest BCUT2D eigenvalue weighted by atomic mass is 79.9. The summed E-state index contributed by atoms with van der Waals surface area (Å²) >= 11 is 6.71. The second-order valence-electron chi connectivity index (χ2n) is 2.78. The van der Waals surface area contributed by atoms with E-state index in [1.807, 2.05) is 12.1 Å². The smallest absolute Gasteiger partial charge is 0.126 e. The molecule has 0 N–H and O–H groups in total. The molecule has 1 aromatic carbocycles. The molecule has 1 aromatic rings. The lowest BCUT2D eigenvalue weighted by molar-refractivity contribution is 0.406. The Bertz CT molecular complexity index is 355. The number of hydrogen-bond donors (Lipinski definition) is 0. The Morgan fingerprint density at radius 1 is 1.43 bits per heavy atom. The zero-order valence-corrected chi connectivity index (χ0v) is 10.9. The van der Waals surface area contributed by atoms with Crippen molar-refractivity contribution in [1.82, 2.24) is 0 Å². The van der Waals surface area contributed by atoms with Gasteiger partial charge in [-0.05, 0) is 19.1 Å². The van der Waals surface area contributed by atoms with Gasteiger partial charge in [-0.3, -0.25) is 0 Å². The molecule has 14 heavy (non-hydrogen) atoms. The highest BCUT2D eigenvalue weighted by Gasteiger charge is 2.16. The quantitative estimate of drug-likeness (QED) is 0.787. The Morgan fingerprint density at radius 2 is 2.07 bits per heavy atom. The second kappa shape index (κ2) is 4.89. The van der Waals surface area contributed by atoms with Gasteiger partial charge in [-0.25, -0.2) is 0 Å². The molecule has 0 heterocycles. The van der Waals surface area contributed by atoms with Gasteiger partial charge in [0, 0.05) is 14.5 Å². The van der Waals surface area contributed by atoms with Gasteiger partial charge in [-0.1, -0.05) is 37.0 Å². The Hall–Kier alpha value is -0.420. The second-order valence-corrected chi connectivity index (χ2v) is 4.55. The van der Waals surface area contributed by atoms with E-state index < -0.39 is 6.04 Å². The summed E-state index contributed by atoms with van der Waals surface area (Å²) in [6.07, 6.45) is 0. The summed E-state index contributed by atoms with van der Waals surface area (Å²) in [5.41, 5.74) is 0.769. The van der Waals surface area contributed by atoms with Crippen LogP contribution in [0.25, 0.3) is 0 Å². The van der Waals surface area contributed by atoms with E-state index >= 15 is 0 Å².